The third-order valence-electron chi connectivity index (χ3n) is 1.88. The highest BCUT2D eigenvalue weighted by Gasteiger charge is 2.10. The number of carbonyl (C=O) groups is 1. The molecule has 1 N–H and O–H groups in total. The molecule has 1 aromatic heterocycles. The largest absolute Gasteiger partial charge is 0.396 e. The first-order valence-corrected chi connectivity index (χ1v) is 7.30. The second-order valence-electron chi connectivity index (χ2n) is 3.16. The quantitative estimate of drug-likeness (QED) is 0.820. The predicted octanol–water partition coefficient (Wildman–Crippen LogP) is 3.20. The molecular formula is C10H13BrO2S2. The zero-order valence-corrected chi connectivity index (χ0v) is 11.6. The van der Waals surface area contributed by atoms with Gasteiger partial charge in [0.1, 0.15) is 0 Å². The van der Waals surface area contributed by atoms with Crippen LogP contribution in [0.5, 0.6) is 0 Å². The summed E-state index contributed by atoms with van der Waals surface area (Å²) in [6, 6.07) is 3.73. The van der Waals surface area contributed by atoms with E-state index < -0.39 is 0 Å². The van der Waals surface area contributed by atoms with Gasteiger partial charge in [0.2, 0.25) is 0 Å². The summed E-state index contributed by atoms with van der Waals surface area (Å²) in [5.41, 5.74) is 0. The number of aliphatic hydroxyl groups is 1. The van der Waals surface area contributed by atoms with Crippen LogP contribution in [0.4, 0.5) is 0 Å². The second kappa shape index (κ2) is 6.68. The normalized spacial score (nSPS) is 12.7. The summed E-state index contributed by atoms with van der Waals surface area (Å²) in [6.45, 7) is 2.21. The van der Waals surface area contributed by atoms with Crippen molar-refractivity contribution in [2.24, 2.45) is 0 Å². The van der Waals surface area contributed by atoms with Crippen LogP contribution in [0.25, 0.3) is 0 Å². The van der Waals surface area contributed by atoms with Crippen molar-refractivity contribution in [3.8, 4) is 0 Å². The summed E-state index contributed by atoms with van der Waals surface area (Å²) in [6.07, 6.45) is 0.742. The average Bonchev–Trinajstić information content (AvgIpc) is 2.62. The molecule has 0 aliphatic rings. The fraction of sp³-hybridized carbons (Fsp3) is 0.500. The molecule has 5 heteroatoms. The summed E-state index contributed by atoms with van der Waals surface area (Å²) in [4.78, 5) is 12.5. The number of aliphatic hydroxyl groups excluding tert-OH is 1. The Morgan fingerprint density at radius 3 is 2.93 bits per heavy atom. The van der Waals surface area contributed by atoms with Crippen molar-refractivity contribution in [2.75, 3.05) is 12.4 Å². The zero-order valence-electron chi connectivity index (χ0n) is 8.40. The van der Waals surface area contributed by atoms with Gasteiger partial charge in [-0.15, -0.1) is 11.3 Å². The average molecular weight is 309 g/mol. The first-order valence-electron chi connectivity index (χ1n) is 4.64. The Morgan fingerprint density at radius 2 is 2.40 bits per heavy atom. The molecule has 1 unspecified atom stereocenters. The van der Waals surface area contributed by atoms with Crippen LogP contribution in [0.2, 0.25) is 0 Å². The van der Waals surface area contributed by atoms with Crippen molar-refractivity contribution in [3.05, 3.63) is 20.8 Å². The minimum atomic E-state index is 0.167. The fourth-order valence-corrected chi connectivity index (χ4v) is 3.30. The van der Waals surface area contributed by atoms with E-state index in [9.17, 15) is 4.79 Å². The lowest BCUT2D eigenvalue weighted by molar-refractivity contribution is 0.102. The fourth-order valence-electron chi connectivity index (χ4n) is 1.02. The number of halogens is 1. The molecule has 0 bridgehead atoms. The lowest BCUT2D eigenvalue weighted by atomic mass is 10.3. The highest BCUT2D eigenvalue weighted by molar-refractivity contribution is 9.11. The number of rotatable bonds is 6. The van der Waals surface area contributed by atoms with Crippen LogP contribution in [0.3, 0.4) is 0 Å². The minimum absolute atomic E-state index is 0.167. The maximum atomic E-state index is 11.7. The Kier molecular flexibility index (Phi) is 5.89. The second-order valence-corrected chi connectivity index (χ2v) is 7.05. The molecule has 1 rings (SSSR count). The van der Waals surface area contributed by atoms with Crippen molar-refractivity contribution in [1.29, 1.82) is 0 Å². The standard InChI is InChI=1S/C10H13BrO2S2/c1-7(4-5-12)14-6-8(13)9-2-3-10(11)15-9/h2-3,7,12H,4-6H2,1H3. The van der Waals surface area contributed by atoms with E-state index in [2.05, 4.69) is 15.9 Å². The molecule has 2 nitrogen and oxygen atoms in total. The minimum Gasteiger partial charge on any atom is -0.396 e. The summed E-state index contributed by atoms with van der Waals surface area (Å²) in [7, 11) is 0. The van der Waals surface area contributed by atoms with E-state index in [-0.39, 0.29) is 12.4 Å². The Labute approximate surface area is 106 Å². The Morgan fingerprint density at radius 1 is 1.67 bits per heavy atom. The molecule has 0 amide bonds. The van der Waals surface area contributed by atoms with Gasteiger partial charge in [0.05, 0.1) is 14.4 Å². The Balaban J connectivity index is 2.36. The van der Waals surface area contributed by atoms with E-state index in [0.29, 0.717) is 11.0 Å². The number of thiophene rings is 1. The van der Waals surface area contributed by atoms with E-state index in [1.54, 1.807) is 11.8 Å². The summed E-state index contributed by atoms with van der Waals surface area (Å²) in [5.74, 6) is 0.661. The maximum Gasteiger partial charge on any atom is 0.182 e. The van der Waals surface area contributed by atoms with E-state index >= 15 is 0 Å². The first kappa shape index (κ1) is 13.2. The Hall–Kier alpha value is 0.160. The number of ketones is 1. The Bertz CT molecular complexity index is 325. The molecule has 1 aromatic rings. The number of carbonyl (C=O) groups excluding carboxylic acids is 1. The van der Waals surface area contributed by atoms with Crippen molar-refractivity contribution in [3.63, 3.8) is 0 Å². The van der Waals surface area contributed by atoms with Gasteiger partial charge in [-0.05, 0) is 34.5 Å². The molecule has 1 atom stereocenters. The molecule has 0 radical (unpaired) electrons. The summed E-state index contributed by atoms with van der Waals surface area (Å²) >= 11 is 6.39. The van der Waals surface area contributed by atoms with Crippen LogP contribution in [0.1, 0.15) is 23.0 Å². The predicted molar refractivity (Wildman–Crippen MR) is 70.0 cm³/mol. The summed E-state index contributed by atoms with van der Waals surface area (Å²) in [5, 5.41) is 9.06. The molecule has 84 valence electrons. The molecule has 0 saturated carbocycles. The molecule has 0 aromatic carbocycles. The van der Waals surface area contributed by atoms with Gasteiger partial charge in [-0.1, -0.05) is 6.92 Å². The van der Waals surface area contributed by atoms with Crippen LogP contribution in [-0.2, 0) is 0 Å². The first-order chi connectivity index (χ1) is 7.13. The SMILES string of the molecule is CC(CCO)SCC(=O)c1ccc(Br)s1. The molecule has 0 saturated heterocycles. The van der Waals surface area contributed by atoms with Crippen molar-refractivity contribution < 1.29 is 9.90 Å². The van der Waals surface area contributed by atoms with Crippen LogP contribution in [0.15, 0.2) is 15.9 Å². The highest BCUT2D eigenvalue weighted by atomic mass is 79.9. The molecule has 1 heterocycles. The molecule has 15 heavy (non-hydrogen) atoms. The maximum absolute atomic E-state index is 11.7. The molecule has 0 aliphatic carbocycles. The number of Topliss-reactive ketones (excluding diaryl/α,β-unsaturated/α-hetero) is 1. The van der Waals surface area contributed by atoms with Gasteiger partial charge in [-0.2, -0.15) is 11.8 Å². The van der Waals surface area contributed by atoms with Gasteiger partial charge in [0, 0.05) is 11.9 Å². The van der Waals surface area contributed by atoms with E-state index in [0.717, 1.165) is 15.1 Å². The topological polar surface area (TPSA) is 37.3 Å². The van der Waals surface area contributed by atoms with Gasteiger partial charge in [0.25, 0.3) is 0 Å². The molecule has 0 spiro atoms. The van der Waals surface area contributed by atoms with Gasteiger partial charge in [-0.3, -0.25) is 4.79 Å². The van der Waals surface area contributed by atoms with Gasteiger partial charge in [0.15, 0.2) is 5.78 Å². The lowest BCUT2D eigenvalue weighted by Gasteiger charge is -2.07. The van der Waals surface area contributed by atoms with Crippen molar-refractivity contribution in [1.82, 2.24) is 0 Å². The third-order valence-corrected chi connectivity index (χ3v) is 4.78. The van der Waals surface area contributed by atoms with E-state index in [1.807, 2.05) is 19.1 Å². The van der Waals surface area contributed by atoms with E-state index in [4.69, 9.17) is 5.11 Å². The number of hydrogen-bond acceptors (Lipinski definition) is 4. The molecule has 0 aliphatic heterocycles. The number of hydrogen-bond donors (Lipinski definition) is 1. The molecular weight excluding hydrogens is 296 g/mol. The highest BCUT2D eigenvalue weighted by Crippen LogP contribution is 2.24. The van der Waals surface area contributed by atoms with Crippen molar-refractivity contribution in [2.45, 2.75) is 18.6 Å². The lowest BCUT2D eigenvalue weighted by Crippen LogP contribution is -2.06. The summed E-state index contributed by atoms with van der Waals surface area (Å²) < 4.78 is 0.985. The van der Waals surface area contributed by atoms with Crippen LogP contribution < -0.4 is 0 Å². The van der Waals surface area contributed by atoms with E-state index in [1.165, 1.54) is 11.3 Å². The van der Waals surface area contributed by atoms with Gasteiger partial charge < -0.3 is 5.11 Å². The van der Waals surface area contributed by atoms with Crippen LogP contribution in [0, 0.1) is 0 Å². The van der Waals surface area contributed by atoms with Crippen molar-refractivity contribution >= 4 is 44.8 Å². The molecule has 0 fully saturated rings. The third kappa shape index (κ3) is 4.68. The van der Waals surface area contributed by atoms with Crippen LogP contribution in [-0.4, -0.2) is 28.5 Å². The van der Waals surface area contributed by atoms with Gasteiger partial charge >= 0.3 is 0 Å². The van der Waals surface area contributed by atoms with Crippen LogP contribution >= 0.6 is 39.0 Å². The number of thioether (sulfide) groups is 1. The van der Waals surface area contributed by atoms with Gasteiger partial charge in [-0.25, -0.2) is 0 Å². The monoisotopic (exact) mass is 308 g/mol. The smallest absolute Gasteiger partial charge is 0.182 e. The zero-order chi connectivity index (χ0) is 11.3.